The maximum Gasteiger partial charge on any atom is 0.196 e. The summed E-state index contributed by atoms with van der Waals surface area (Å²) in [4.78, 5) is 13.6. The van der Waals surface area contributed by atoms with Gasteiger partial charge in [-0.2, -0.15) is 0 Å². The summed E-state index contributed by atoms with van der Waals surface area (Å²) < 4.78 is 14.0. The molecular weight excluding hydrogens is 544 g/mol. The normalized spacial score (nSPS) is 10.5. The van der Waals surface area contributed by atoms with Crippen LogP contribution < -0.4 is 9.47 Å². The molecule has 3 rings (SSSR count). The summed E-state index contributed by atoms with van der Waals surface area (Å²) in [7, 11) is 0. The Hall–Kier alpha value is -2.55. The van der Waals surface area contributed by atoms with Crippen molar-refractivity contribution >= 4 is 37.6 Å². The van der Waals surface area contributed by atoms with E-state index >= 15 is 0 Å². The van der Waals surface area contributed by atoms with E-state index in [9.17, 15) is 4.79 Å². The van der Waals surface area contributed by atoms with Gasteiger partial charge in [-0.05, 0) is 82.0 Å². The van der Waals surface area contributed by atoms with Gasteiger partial charge in [-0.15, -0.1) is 11.8 Å². The van der Waals surface area contributed by atoms with Gasteiger partial charge in [-0.3, -0.25) is 4.79 Å². The Bertz CT molecular complexity index is 1200. The van der Waals surface area contributed by atoms with E-state index in [1.165, 1.54) is 0 Å². The number of ether oxygens (including phenoxy) is 2. The van der Waals surface area contributed by atoms with Crippen LogP contribution in [0, 0.1) is 18.8 Å². The molecule has 3 aromatic carbocycles. The van der Waals surface area contributed by atoms with Crippen molar-refractivity contribution in [3.63, 3.8) is 0 Å². The summed E-state index contributed by atoms with van der Waals surface area (Å²) in [6, 6.07) is 17.0. The summed E-state index contributed by atoms with van der Waals surface area (Å²) in [6.45, 7) is 8.42. The molecule has 0 aliphatic heterocycles. The van der Waals surface area contributed by atoms with Crippen LogP contribution in [0.25, 0.3) is 0 Å². The first-order valence-electron chi connectivity index (χ1n) is 10.8. The predicted octanol–water partition coefficient (Wildman–Crippen LogP) is 8.46. The molecule has 0 amide bonds. The quantitative estimate of drug-likeness (QED) is 0.155. The molecule has 0 heterocycles. The van der Waals surface area contributed by atoms with Crippen molar-refractivity contribution in [2.45, 2.75) is 40.0 Å². The van der Waals surface area contributed by atoms with E-state index in [1.54, 1.807) is 6.07 Å². The number of carbonyl (C=O) groups excluding carboxylic acids is 1. The largest absolute Gasteiger partial charge is 0.492 e. The number of hydrogen-bond donors (Lipinski definition) is 0. The summed E-state index contributed by atoms with van der Waals surface area (Å²) in [5, 5.41) is 0. The molecule has 0 aliphatic carbocycles. The molecule has 3 nitrogen and oxygen atoms in total. The van der Waals surface area contributed by atoms with Crippen molar-refractivity contribution in [2.24, 2.45) is 0 Å². The number of ketones is 1. The van der Waals surface area contributed by atoms with E-state index in [1.807, 2.05) is 62.4 Å². The van der Waals surface area contributed by atoms with E-state index in [0.717, 1.165) is 20.1 Å². The molecule has 0 bridgehead atoms. The maximum absolute atomic E-state index is 13.6. The van der Waals surface area contributed by atoms with E-state index in [-0.39, 0.29) is 11.7 Å². The predicted molar refractivity (Wildman–Crippen MR) is 141 cm³/mol. The molecule has 0 atom stereocenters. The Morgan fingerprint density at radius 2 is 1.70 bits per heavy atom. The molecule has 0 saturated carbocycles. The molecule has 0 fully saturated rings. The zero-order valence-electron chi connectivity index (χ0n) is 19.2. The Labute approximate surface area is 212 Å². The van der Waals surface area contributed by atoms with Gasteiger partial charge in [-0.25, -0.2) is 0 Å². The highest BCUT2D eigenvalue weighted by molar-refractivity contribution is 9.11. The lowest BCUT2D eigenvalue weighted by molar-refractivity contribution is 0.103. The average Bonchev–Trinajstić information content (AvgIpc) is 2.79. The van der Waals surface area contributed by atoms with Gasteiger partial charge in [0, 0.05) is 17.5 Å². The van der Waals surface area contributed by atoms with E-state index < -0.39 is 0 Å². The minimum atomic E-state index is -0.120. The van der Waals surface area contributed by atoms with E-state index in [4.69, 9.17) is 9.47 Å². The maximum atomic E-state index is 13.6. The van der Waals surface area contributed by atoms with Crippen LogP contribution >= 0.6 is 31.9 Å². The second-order valence-electron chi connectivity index (χ2n) is 7.92. The number of benzene rings is 3. The van der Waals surface area contributed by atoms with Crippen molar-refractivity contribution < 1.29 is 14.3 Å². The van der Waals surface area contributed by atoms with Crippen LogP contribution in [0.2, 0.25) is 0 Å². The fraction of sp³-hybridized carbons (Fsp3) is 0.250. The second-order valence-corrected chi connectivity index (χ2v) is 9.63. The zero-order valence-corrected chi connectivity index (χ0v) is 22.3. The Kier molecular flexibility index (Phi) is 8.77. The molecule has 0 aliphatic rings. The van der Waals surface area contributed by atoms with Crippen LogP contribution in [0.3, 0.4) is 0 Å². The lowest BCUT2D eigenvalue weighted by atomic mass is 9.95. The summed E-state index contributed by atoms with van der Waals surface area (Å²) in [5.41, 5.74) is 3.04. The van der Waals surface area contributed by atoms with Crippen LogP contribution in [0.1, 0.15) is 60.2 Å². The van der Waals surface area contributed by atoms with E-state index in [2.05, 4.69) is 57.5 Å². The molecule has 5 heteroatoms. The van der Waals surface area contributed by atoms with E-state index in [0.29, 0.717) is 41.4 Å². The third-order valence-corrected chi connectivity index (χ3v) is 6.30. The summed E-state index contributed by atoms with van der Waals surface area (Å²) in [5.74, 6) is 7.72. The van der Waals surface area contributed by atoms with Gasteiger partial charge in [0.2, 0.25) is 0 Å². The number of halogens is 2. The Morgan fingerprint density at radius 1 is 1.00 bits per heavy atom. The van der Waals surface area contributed by atoms with Gasteiger partial charge in [0.15, 0.2) is 11.5 Å². The van der Waals surface area contributed by atoms with Crippen LogP contribution in [0.5, 0.6) is 17.2 Å². The van der Waals surface area contributed by atoms with Crippen LogP contribution in [0.15, 0.2) is 63.5 Å². The van der Waals surface area contributed by atoms with Gasteiger partial charge < -0.3 is 9.47 Å². The third-order valence-electron chi connectivity index (χ3n) is 5.05. The molecular formula is C28H26Br2O3. The Balaban J connectivity index is 2.14. The van der Waals surface area contributed by atoms with Crippen LogP contribution in [-0.2, 0) is 0 Å². The molecule has 0 spiro atoms. The van der Waals surface area contributed by atoms with Crippen molar-refractivity contribution in [3.05, 3.63) is 85.8 Å². The van der Waals surface area contributed by atoms with Crippen LogP contribution in [-0.4, -0.2) is 12.4 Å². The highest BCUT2D eigenvalue weighted by Gasteiger charge is 2.22. The highest BCUT2D eigenvalue weighted by atomic mass is 79.9. The minimum Gasteiger partial charge on any atom is -0.492 e. The first-order valence-corrected chi connectivity index (χ1v) is 12.3. The molecule has 0 aromatic heterocycles. The van der Waals surface area contributed by atoms with Crippen LogP contribution in [0.4, 0.5) is 0 Å². The number of hydrogen-bond acceptors (Lipinski definition) is 3. The number of aryl methyl sites for hydroxylation is 1. The molecule has 0 unspecified atom stereocenters. The number of rotatable bonds is 8. The standard InChI is InChI=1S/C28H26Br2O3/c1-5-6-7-14-32-25-17-22(27(31)20-11-8-10-19(4)15-20)26(16-21(25)18(2)3)33-28-23(29)12-9-13-24(28)30/h8-13,15-18H,7,14H2,1-4H3. The monoisotopic (exact) mass is 568 g/mol. The van der Waals surface area contributed by atoms with Crippen molar-refractivity contribution in [1.29, 1.82) is 0 Å². The van der Waals surface area contributed by atoms with Crippen molar-refractivity contribution in [2.75, 3.05) is 6.61 Å². The smallest absolute Gasteiger partial charge is 0.196 e. The van der Waals surface area contributed by atoms with Gasteiger partial charge in [0.05, 0.1) is 21.1 Å². The average molecular weight is 570 g/mol. The summed E-state index contributed by atoms with van der Waals surface area (Å²) >= 11 is 7.11. The Morgan fingerprint density at radius 3 is 2.33 bits per heavy atom. The molecule has 0 N–H and O–H groups in total. The lowest BCUT2D eigenvalue weighted by Crippen LogP contribution is -2.08. The number of para-hydroxylation sites is 1. The zero-order chi connectivity index (χ0) is 24.0. The third kappa shape index (κ3) is 6.28. The summed E-state index contributed by atoms with van der Waals surface area (Å²) in [6.07, 6.45) is 0.622. The fourth-order valence-electron chi connectivity index (χ4n) is 3.38. The lowest BCUT2D eigenvalue weighted by Gasteiger charge is -2.19. The molecule has 33 heavy (non-hydrogen) atoms. The van der Waals surface area contributed by atoms with Gasteiger partial charge in [0.25, 0.3) is 0 Å². The molecule has 170 valence electrons. The minimum absolute atomic E-state index is 0.120. The SMILES string of the molecule is CC#CCCOc1cc(C(=O)c2cccc(C)c2)c(Oc2c(Br)cccc2Br)cc1C(C)C. The number of carbonyl (C=O) groups is 1. The first kappa shape index (κ1) is 25.1. The van der Waals surface area contributed by atoms with Gasteiger partial charge in [-0.1, -0.05) is 43.7 Å². The highest BCUT2D eigenvalue weighted by Crippen LogP contribution is 2.41. The molecule has 3 aromatic rings. The second kappa shape index (κ2) is 11.5. The fourth-order valence-corrected chi connectivity index (χ4v) is 4.54. The topological polar surface area (TPSA) is 35.5 Å². The molecule has 0 saturated heterocycles. The molecule has 0 radical (unpaired) electrons. The first-order chi connectivity index (χ1) is 15.8. The van der Waals surface area contributed by atoms with Gasteiger partial charge in [0.1, 0.15) is 11.5 Å². The van der Waals surface area contributed by atoms with Crippen molar-refractivity contribution in [1.82, 2.24) is 0 Å². The van der Waals surface area contributed by atoms with Gasteiger partial charge >= 0.3 is 0 Å². The van der Waals surface area contributed by atoms with Crippen molar-refractivity contribution in [3.8, 4) is 29.1 Å².